The van der Waals surface area contributed by atoms with Gasteiger partial charge in [0.15, 0.2) is 5.11 Å². The molecule has 0 aromatic heterocycles. The molecule has 0 unspecified atom stereocenters. The van der Waals surface area contributed by atoms with Gasteiger partial charge in [0.1, 0.15) is 0 Å². The summed E-state index contributed by atoms with van der Waals surface area (Å²) in [6.07, 6.45) is 0. The van der Waals surface area contributed by atoms with Crippen LogP contribution in [-0.4, -0.2) is 18.2 Å². The summed E-state index contributed by atoms with van der Waals surface area (Å²) in [6.45, 7) is 9.19. The zero-order chi connectivity index (χ0) is 16.7. The predicted molar refractivity (Wildman–Crippen MR) is 104 cm³/mol. The van der Waals surface area contributed by atoms with Crippen molar-refractivity contribution >= 4 is 28.7 Å². The van der Waals surface area contributed by atoms with E-state index in [0.29, 0.717) is 5.11 Å². The molecule has 4 heteroatoms. The number of hydrogen-bond donors (Lipinski definition) is 2. The van der Waals surface area contributed by atoms with E-state index in [2.05, 4.69) is 72.7 Å². The van der Waals surface area contributed by atoms with Crippen LogP contribution < -0.4 is 15.5 Å². The summed E-state index contributed by atoms with van der Waals surface area (Å²) in [4.78, 5) is 2.33. The lowest BCUT2D eigenvalue weighted by atomic mass is 10.2. The van der Waals surface area contributed by atoms with Crippen LogP contribution >= 0.6 is 12.2 Å². The summed E-state index contributed by atoms with van der Waals surface area (Å²) < 4.78 is 0. The predicted octanol–water partition coefficient (Wildman–Crippen LogP) is 4.33. The Kier molecular flexibility index (Phi) is 6.41. The van der Waals surface area contributed by atoms with Gasteiger partial charge in [-0.3, -0.25) is 0 Å². The number of hydrogen-bond acceptors (Lipinski definition) is 2. The Hall–Kier alpha value is -2.07. The molecular formula is C19H25N3S. The van der Waals surface area contributed by atoms with Crippen molar-refractivity contribution in [3.8, 4) is 0 Å². The van der Waals surface area contributed by atoms with Crippen LogP contribution in [0.25, 0.3) is 0 Å². The number of benzene rings is 2. The van der Waals surface area contributed by atoms with Crippen LogP contribution in [0.4, 0.5) is 11.4 Å². The molecule has 0 aliphatic heterocycles. The molecular weight excluding hydrogens is 302 g/mol. The van der Waals surface area contributed by atoms with E-state index in [1.807, 2.05) is 12.1 Å². The summed E-state index contributed by atoms with van der Waals surface area (Å²) in [5.41, 5.74) is 4.72. The minimum atomic E-state index is 0.640. The van der Waals surface area contributed by atoms with E-state index in [0.717, 1.165) is 25.3 Å². The number of aryl methyl sites for hydroxylation is 1. The van der Waals surface area contributed by atoms with E-state index >= 15 is 0 Å². The molecule has 0 saturated heterocycles. The fraction of sp³-hybridized carbons (Fsp3) is 0.316. The van der Waals surface area contributed by atoms with Gasteiger partial charge in [-0.15, -0.1) is 0 Å². The van der Waals surface area contributed by atoms with Gasteiger partial charge < -0.3 is 15.5 Å². The molecule has 0 fully saturated rings. The number of rotatable bonds is 6. The quantitative estimate of drug-likeness (QED) is 0.772. The largest absolute Gasteiger partial charge is 0.372 e. The summed E-state index contributed by atoms with van der Waals surface area (Å²) in [7, 11) is 0. The third-order valence-corrected chi connectivity index (χ3v) is 4.07. The molecule has 0 bridgehead atoms. The molecule has 0 amide bonds. The molecule has 0 heterocycles. The Morgan fingerprint density at radius 2 is 1.57 bits per heavy atom. The van der Waals surface area contributed by atoms with Gasteiger partial charge in [-0.05, 0) is 62.8 Å². The van der Waals surface area contributed by atoms with E-state index < -0.39 is 0 Å². The average Bonchev–Trinajstić information content (AvgIpc) is 2.57. The summed E-state index contributed by atoms with van der Waals surface area (Å²) in [6, 6.07) is 16.8. The van der Waals surface area contributed by atoms with Crippen molar-refractivity contribution in [2.45, 2.75) is 27.3 Å². The monoisotopic (exact) mass is 327 g/mol. The maximum absolute atomic E-state index is 5.34. The highest BCUT2D eigenvalue weighted by Crippen LogP contribution is 2.15. The maximum Gasteiger partial charge on any atom is 0.171 e. The Bertz CT molecular complexity index is 616. The number of thiocarbonyl (C=S) groups is 1. The van der Waals surface area contributed by atoms with Crippen LogP contribution in [0, 0.1) is 6.92 Å². The molecule has 3 nitrogen and oxygen atoms in total. The Morgan fingerprint density at radius 1 is 0.957 bits per heavy atom. The number of nitrogens with zero attached hydrogens (tertiary/aromatic N) is 1. The van der Waals surface area contributed by atoms with E-state index in [-0.39, 0.29) is 0 Å². The van der Waals surface area contributed by atoms with Crippen molar-refractivity contribution in [3.05, 3.63) is 59.7 Å². The highest BCUT2D eigenvalue weighted by molar-refractivity contribution is 7.80. The molecule has 0 aliphatic rings. The molecule has 2 rings (SSSR count). The third-order valence-electron chi connectivity index (χ3n) is 3.83. The smallest absolute Gasteiger partial charge is 0.171 e. The first-order valence-electron chi connectivity index (χ1n) is 8.07. The van der Waals surface area contributed by atoms with Crippen molar-refractivity contribution in [1.29, 1.82) is 0 Å². The normalized spacial score (nSPS) is 10.2. The fourth-order valence-electron chi connectivity index (χ4n) is 2.41. The van der Waals surface area contributed by atoms with Crippen molar-refractivity contribution < 1.29 is 0 Å². The van der Waals surface area contributed by atoms with Crippen LogP contribution in [0.5, 0.6) is 0 Å². The first kappa shape index (κ1) is 17.3. The Morgan fingerprint density at radius 3 is 2.13 bits per heavy atom. The van der Waals surface area contributed by atoms with Gasteiger partial charge in [0.05, 0.1) is 0 Å². The van der Waals surface area contributed by atoms with E-state index in [1.165, 1.54) is 16.8 Å². The van der Waals surface area contributed by atoms with Gasteiger partial charge in [0.2, 0.25) is 0 Å². The standard InChI is InChI=1S/C19H25N3S/c1-4-22(5-2)18-12-8-16(9-13-18)14-20-19(23)21-17-10-6-15(3)7-11-17/h6-13H,4-5,14H2,1-3H3,(H2,20,21,23). The molecule has 2 N–H and O–H groups in total. The second-order valence-electron chi connectivity index (χ2n) is 5.51. The van der Waals surface area contributed by atoms with Crippen molar-refractivity contribution in [2.24, 2.45) is 0 Å². The molecule has 0 saturated carbocycles. The Labute approximate surface area is 144 Å². The fourth-order valence-corrected chi connectivity index (χ4v) is 2.60. The van der Waals surface area contributed by atoms with E-state index in [9.17, 15) is 0 Å². The van der Waals surface area contributed by atoms with Crippen molar-refractivity contribution in [3.63, 3.8) is 0 Å². The zero-order valence-electron chi connectivity index (χ0n) is 14.1. The van der Waals surface area contributed by atoms with Gasteiger partial charge >= 0.3 is 0 Å². The van der Waals surface area contributed by atoms with Gasteiger partial charge in [-0.1, -0.05) is 29.8 Å². The van der Waals surface area contributed by atoms with Gasteiger partial charge in [0, 0.05) is 31.0 Å². The molecule has 0 atom stereocenters. The summed E-state index contributed by atoms with van der Waals surface area (Å²) in [5.74, 6) is 0. The summed E-state index contributed by atoms with van der Waals surface area (Å²) >= 11 is 5.34. The molecule has 0 radical (unpaired) electrons. The highest BCUT2D eigenvalue weighted by atomic mass is 32.1. The molecule has 2 aromatic carbocycles. The van der Waals surface area contributed by atoms with Crippen LogP contribution in [0.2, 0.25) is 0 Å². The molecule has 0 spiro atoms. The Balaban J connectivity index is 1.85. The lowest BCUT2D eigenvalue weighted by Crippen LogP contribution is -2.28. The summed E-state index contributed by atoms with van der Waals surface area (Å²) in [5, 5.41) is 7.09. The highest BCUT2D eigenvalue weighted by Gasteiger charge is 2.02. The lowest BCUT2D eigenvalue weighted by Gasteiger charge is -2.21. The second-order valence-corrected chi connectivity index (χ2v) is 5.92. The minimum absolute atomic E-state index is 0.640. The molecule has 2 aromatic rings. The SMILES string of the molecule is CCN(CC)c1ccc(CNC(=S)Nc2ccc(C)cc2)cc1. The second kappa shape index (κ2) is 8.53. The van der Waals surface area contributed by atoms with Gasteiger partial charge in [0.25, 0.3) is 0 Å². The average molecular weight is 327 g/mol. The van der Waals surface area contributed by atoms with Gasteiger partial charge in [-0.2, -0.15) is 0 Å². The topological polar surface area (TPSA) is 27.3 Å². The van der Waals surface area contributed by atoms with E-state index in [4.69, 9.17) is 12.2 Å². The van der Waals surface area contributed by atoms with Crippen molar-refractivity contribution in [1.82, 2.24) is 5.32 Å². The molecule has 122 valence electrons. The molecule has 0 aliphatic carbocycles. The minimum Gasteiger partial charge on any atom is -0.372 e. The first-order valence-corrected chi connectivity index (χ1v) is 8.48. The van der Waals surface area contributed by atoms with Crippen LogP contribution in [0.1, 0.15) is 25.0 Å². The third kappa shape index (κ3) is 5.25. The maximum atomic E-state index is 5.34. The van der Waals surface area contributed by atoms with Crippen LogP contribution in [-0.2, 0) is 6.54 Å². The first-order chi connectivity index (χ1) is 11.1. The lowest BCUT2D eigenvalue weighted by molar-refractivity contribution is 0.863. The number of anilines is 2. The van der Waals surface area contributed by atoms with Gasteiger partial charge in [-0.25, -0.2) is 0 Å². The number of nitrogens with one attached hydrogen (secondary N) is 2. The molecule has 23 heavy (non-hydrogen) atoms. The van der Waals surface area contributed by atoms with E-state index in [1.54, 1.807) is 0 Å². The zero-order valence-corrected chi connectivity index (χ0v) is 14.9. The van der Waals surface area contributed by atoms with Crippen LogP contribution in [0.3, 0.4) is 0 Å². The van der Waals surface area contributed by atoms with Crippen molar-refractivity contribution in [2.75, 3.05) is 23.3 Å². The van der Waals surface area contributed by atoms with Crippen LogP contribution in [0.15, 0.2) is 48.5 Å².